The lowest BCUT2D eigenvalue weighted by Crippen LogP contribution is -2.44. The minimum absolute atomic E-state index is 0.334. The van der Waals surface area contributed by atoms with Crippen molar-refractivity contribution >= 4 is 11.0 Å². The van der Waals surface area contributed by atoms with Crippen LogP contribution in [0.4, 0.5) is 0 Å². The highest BCUT2D eigenvalue weighted by Gasteiger charge is 2.16. The van der Waals surface area contributed by atoms with Crippen molar-refractivity contribution in [1.29, 1.82) is 0 Å². The third-order valence-electron chi connectivity index (χ3n) is 5.13. The standard InChI is InChI=1S/C20H23N5O3/c1-14-3-5-15(6-4-14)17-21-13-16-18(22-17)23(2)20(27)25(19(16)26)8-7-24-9-11-28-12-10-24/h3-6,13H,7-12H2,1-2H3. The largest absolute Gasteiger partial charge is 0.379 e. The van der Waals surface area contributed by atoms with Crippen LogP contribution < -0.4 is 11.2 Å². The molecule has 0 radical (unpaired) electrons. The fourth-order valence-corrected chi connectivity index (χ4v) is 3.39. The normalized spacial score (nSPS) is 15.2. The molecule has 1 aromatic carbocycles. The number of benzene rings is 1. The Morgan fingerprint density at radius 1 is 1.07 bits per heavy atom. The maximum Gasteiger partial charge on any atom is 0.332 e. The Morgan fingerprint density at radius 2 is 1.79 bits per heavy atom. The van der Waals surface area contributed by atoms with Crippen LogP contribution >= 0.6 is 0 Å². The number of rotatable bonds is 4. The summed E-state index contributed by atoms with van der Waals surface area (Å²) in [6.07, 6.45) is 1.52. The van der Waals surface area contributed by atoms with E-state index in [1.54, 1.807) is 7.05 Å². The molecule has 28 heavy (non-hydrogen) atoms. The van der Waals surface area contributed by atoms with Crippen LogP contribution in [-0.2, 0) is 18.3 Å². The molecule has 0 amide bonds. The molecule has 1 saturated heterocycles. The number of nitrogens with zero attached hydrogens (tertiary/aromatic N) is 5. The van der Waals surface area contributed by atoms with E-state index in [0.717, 1.165) is 24.2 Å². The van der Waals surface area contributed by atoms with E-state index in [9.17, 15) is 9.59 Å². The van der Waals surface area contributed by atoms with Crippen molar-refractivity contribution < 1.29 is 4.74 Å². The van der Waals surface area contributed by atoms with Gasteiger partial charge in [-0.05, 0) is 6.92 Å². The number of hydrogen-bond acceptors (Lipinski definition) is 6. The van der Waals surface area contributed by atoms with E-state index in [4.69, 9.17) is 4.74 Å². The molecule has 0 unspecified atom stereocenters. The van der Waals surface area contributed by atoms with Crippen LogP contribution in [-0.4, -0.2) is 56.9 Å². The Bertz CT molecular complexity index is 1110. The van der Waals surface area contributed by atoms with E-state index in [2.05, 4.69) is 14.9 Å². The summed E-state index contributed by atoms with van der Waals surface area (Å²) in [5, 5.41) is 0.347. The third-order valence-corrected chi connectivity index (χ3v) is 5.13. The Labute approximate surface area is 162 Å². The summed E-state index contributed by atoms with van der Waals surface area (Å²) < 4.78 is 8.03. The van der Waals surface area contributed by atoms with Gasteiger partial charge in [-0.1, -0.05) is 29.8 Å². The lowest BCUT2D eigenvalue weighted by Gasteiger charge is -2.26. The molecule has 1 fully saturated rings. The lowest BCUT2D eigenvalue weighted by molar-refractivity contribution is 0.0361. The first kappa shape index (κ1) is 18.5. The SMILES string of the molecule is Cc1ccc(-c2ncc3c(=O)n(CCN4CCOCC4)c(=O)n(C)c3n2)cc1. The van der Waals surface area contributed by atoms with Crippen molar-refractivity contribution in [3.63, 3.8) is 0 Å². The zero-order valence-electron chi connectivity index (χ0n) is 16.1. The number of morpholine rings is 1. The van der Waals surface area contributed by atoms with E-state index in [-0.39, 0.29) is 11.2 Å². The summed E-state index contributed by atoms with van der Waals surface area (Å²) in [5.74, 6) is 0.493. The molecule has 8 heteroatoms. The highest BCUT2D eigenvalue weighted by atomic mass is 16.5. The van der Waals surface area contributed by atoms with Gasteiger partial charge in [-0.3, -0.25) is 18.8 Å². The molecule has 2 aromatic heterocycles. The fraction of sp³-hybridized carbons (Fsp3) is 0.400. The van der Waals surface area contributed by atoms with Crippen LogP contribution in [0.15, 0.2) is 40.1 Å². The van der Waals surface area contributed by atoms with Gasteiger partial charge in [0.1, 0.15) is 5.39 Å². The van der Waals surface area contributed by atoms with E-state index < -0.39 is 0 Å². The number of fused-ring (bicyclic) bond motifs is 1. The topological polar surface area (TPSA) is 82.3 Å². The summed E-state index contributed by atoms with van der Waals surface area (Å²) in [7, 11) is 1.64. The summed E-state index contributed by atoms with van der Waals surface area (Å²) >= 11 is 0. The second-order valence-electron chi connectivity index (χ2n) is 7.05. The van der Waals surface area contributed by atoms with Gasteiger partial charge in [-0.2, -0.15) is 0 Å². The minimum Gasteiger partial charge on any atom is -0.379 e. The van der Waals surface area contributed by atoms with Gasteiger partial charge < -0.3 is 4.74 Å². The van der Waals surface area contributed by atoms with Crippen molar-refractivity contribution in [2.75, 3.05) is 32.8 Å². The average molecular weight is 381 g/mol. The summed E-state index contributed by atoms with van der Waals surface area (Å²) in [6, 6.07) is 7.81. The molecule has 1 aliphatic heterocycles. The van der Waals surface area contributed by atoms with Gasteiger partial charge in [0.2, 0.25) is 0 Å². The fourth-order valence-electron chi connectivity index (χ4n) is 3.39. The predicted octanol–water partition coefficient (Wildman–Crippen LogP) is 0.798. The molecule has 0 bridgehead atoms. The zero-order chi connectivity index (χ0) is 19.7. The van der Waals surface area contributed by atoms with Crippen molar-refractivity contribution in [3.8, 4) is 11.4 Å². The molecular weight excluding hydrogens is 358 g/mol. The summed E-state index contributed by atoms with van der Waals surface area (Å²) in [5.41, 5.74) is 1.63. The van der Waals surface area contributed by atoms with Gasteiger partial charge in [0, 0.05) is 45.0 Å². The van der Waals surface area contributed by atoms with E-state index in [1.807, 2.05) is 31.2 Å². The minimum atomic E-state index is -0.362. The number of aromatic nitrogens is 4. The van der Waals surface area contributed by atoms with Gasteiger partial charge >= 0.3 is 5.69 Å². The highest BCUT2D eigenvalue weighted by Crippen LogP contribution is 2.16. The quantitative estimate of drug-likeness (QED) is 0.665. The first-order valence-electron chi connectivity index (χ1n) is 9.38. The molecule has 0 N–H and O–H groups in total. The smallest absolute Gasteiger partial charge is 0.332 e. The van der Waals surface area contributed by atoms with Gasteiger partial charge in [0.05, 0.1) is 13.2 Å². The third kappa shape index (κ3) is 3.48. The van der Waals surface area contributed by atoms with Crippen molar-refractivity contribution in [2.45, 2.75) is 13.5 Å². The Hall–Kier alpha value is -2.84. The van der Waals surface area contributed by atoms with Crippen LogP contribution in [0.25, 0.3) is 22.4 Å². The predicted molar refractivity (Wildman–Crippen MR) is 106 cm³/mol. The van der Waals surface area contributed by atoms with E-state index in [0.29, 0.717) is 43.2 Å². The van der Waals surface area contributed by atoms with Crippen molar-refractivity contribution in [2.24, 2.45) is 7.05 Å². The number of hydrogen-bond donors (Lipinski definition) is 0. The molecule has 4 rings (SSSR count). The lowest BCUT2D eigenvalue weighted by atomic mass is 10.1. The number of aryl methyl sites for hydroxylation is 2. The van der Waals surface area contributed by atoms with Crippen LogP contribution in [0.2, 0.25) is 0 Å². The first-order chi connectivity index (χ1) is 13.5. The molecule has 0 atom stereocenters. The number of ether oxygens (including phenoxy) is 1. The summed E-state index contributed by atoms with van der Waals surface area (Å²) in [6.45, 7) is 5.96. The zero-order valence-corrected chi connectivity index (χ0v) is 16.1. The molecule has 3 heterocycles. The first-order valence-corrected chi connectivity index (χ1v) is 9.38. The molecular formula is C20H23N5O3. The van der Waals surface area contributed by atoms with Crippen molar-refractivity contribution in [3.05, 3.63) is 56.9 Å². The Balaban J connectivity index is 1.71. The second-order valence-corrected chi connectivity index (χ2v) is 7.05. The van der Waals surface area contributed by atoms with Gasteiger partial charge in [0.25, 0.3) is 5.56 Å². The maximum atomic E-state index is 12.9. The molecule has 3 aromatic rings. The molecule has 0 saturated carbocycles. The molecule has 0 aliphatic carbocycles. The summed E-state index contributed by atoms with van der Waals surface area (Å²) in [4.78, 5) is 36.7. The molecule has 8 nitrogen and oxygen atoms in total. The molecule has 1 aliphatic rings. The highest BCUT2D eigenvalue weighted by molar-refractivity contribution is 5.75. The monoisotopic (exact) mass is 381 g/mol. The van der Waals surface area contributed by atoms with Crippen LogP contribution in [0, 0.1) is 6.92 Å². The van der Waals surface area contributed by atoms with Crippen LogP contribution in [0.3, 0.4) is 0 Å². The Morgan fingerprint density at radius 3 is 2.50 bits per heavy atom. The second kappa shape index (κ2) is 7.65. The van der Waals surface area contributed by atoms with Crippen LogP contribution in [0.5, 0.6) is 0 Å². The van der Waals surface area contributed by atoms with Gasteiger partial charge in [-0.25, -0.2) is 14.8 Å². The van der Waals surface area contributed by atoms with Crippen LogP contribution in [0.1, 0.15) is 5.56 Å². The van der Waals surface area contributed by atoms with E-state index >= 15 is 0 Å². The van der Waals surface area contributed by atoms with Crippen molar-refractivity contribution in [1.82, 2.24) is 24.0 Å². The Kier molecular flexibility index (Phi) is 5.06. The van der Waals surface area contributed by atoms with E-state index in [1.165, 1.54) is 15.3 Å². The van der Waals surface area contributed by atoms with Gasteiger partial charge in [0.15, 0.2) is 11.5 Å². The van der Waals surface area contributed by atoms with Gasteiger partial charge in [-0.15, -0.1) is 0 Å². The maximum absolute atomic E-state index is 12.9. The molecule has 0 spiro atoms. The average Bonchev–Trinajstić information content (AvgIpc) is 2.73. The molecule has 146 valence electrons.